The molecule has 0 unspecified atom stereocenters. The van der Waals surface area contributed by atoms with Crippen LogP contribution >= 0.6 is 0 Å². The van der Waals surface area contributed by atoms with E-state index in [2.05, 4.69) is 43.3 Å². The van der Waals surface area contributed by atoms with Crippen LogP contribution in [0.3, 0.4) is 0 Å². The van der Waals surface area contributed by atoms with Gasteiger partial charge in [0, 0.05) is 6.42 Å². The molecule has 0 heterocycles. The molecule has 94 valence electrons. The Labute approximate surface area is 109 Å². The number of aryl methyl sites for hydroxylation is 1. The second-order valence-electron chi connectivity index (χ2n) is 4.39. The lowest BCUT2D eigenvalue weighted by molar-refractivity contribution is 0.337. The van der Waals surface area contributed by atoms with Crippen molar-refractivity contribution in [3.63, 3.8) is 0 Å². The summed E-state index contributed by atoms with van der Waals surface area (Å²) in [5.74, 6) is 1.000. The number of hydrogen-bond acceptors (Lipinski definition) is 1. The van der Waals surface area contributed by atoms with Gasteiger partial charge in [0.05, 0.1) is 6.61 Å². The Morgan fingerprint density at radius 1 is 0.833 bits per heavy atom. The number of ether oxygens (including phenoxy) is 1. The predicted molar refractivity (Wildman–Crippen MR) is 76.2 cm³/mol. The van der Waals surface area contributed by atoms with Gasteiger partial charge in [-0.25, -0.2) is 0 Å². The van der Waals surface area contributed by atoms with Crippen LogP contribution in [0.15, 0.2) is 48.5 Å². The molecule has 0 atom stereocenters. The molecule has 0 aliphatic heterocycles. The van der Waals surface area contributed by atoms with E-state index in [-0.39, 0.29) is 0 Å². The van der Waals surface area contributed by atoms with Crippen LogP contribution in [0.25, 0.3) is 0 Å². The highest BCUT2D eigenvalue weighted by atomic mass is 16.5. The van der Waals surface area contributed by atoms with Crippen molar-refractivity contribution in [2.75, 3.05) is 6.61 Å². The van der Waals surface area contributed by atoms with Gasteiger partial charge in [-0.15, -0.1) is 0 Å². The van der Waals surface area contributed by atoms with Crippen LogP contribution in [0.1, 0.15) is 30.5 Å². The molecule has 0 aromatic heterocycles. The summed E-state index contributed by atoms with van der Waals surface area (Å²) < 4.78 is 5.65. The Morgan fingerprint density at radius 3 is 2.17 bits per heavy atom. The molecule has 0 bridgehead atoms. The lowest BCUT2D eigenvalue weighted by Gasteiger charge is -2.10. The Hall–Kier alpha value is -1.76. The second-order valence-corrected chi connectivity index (χ2v) is 4.39. The first-order chi connectivity index (χ1) is 8.83. The highest BCUT2D eigenvalue weighted by Gasteiger charge is 2.03. The topological polar surface area (TPSA) is 9.23 Å². The van der Waals surface area contributed by atoms with E-state index < -0.39 is 0 Å². The van der Waals surface area contributed by atoms with E-state index in [0.717, 1.165) is 18.6 Å². The maximum Gasteiger partial charge on any atom is 0.122 e. The largest absolute Gasteiger partial charge is 0.494 e. The quantitative estimate of drug-likeness (QED) is 0.759. The zero-order valence-corrected chi connectivity index (χ0v) is 11.1. The van der Waals surface area contributed by atoms with Crippen LogP contribution in [0.5, 0.6) is 5.75 Å². The summed E-state index contributed by atoms with van der Waals surface area (Å²) >= 11 is 0. The maximum absolute atomic E-state index is 5.65. The van der Waals surface area contributed by atoms with Crippen LogP contribution in [-0.4, -0.2) is 6.61 Å². The summed E-state index contributed by atoms with van der Waals surface area (Å²) in [7, 11) is 0. The van der Waals surface area contributed by atoms with Gasteiger partial charge in [-0.3, -0.25) is 0 Å². The van der Waals surface area contributed by atoms with E-state index in [1.165, 1.54) is 16.7 Å². The Kier molecular flexibility index (Phi) is 4.40. The van der Waals surface area contributed by atoms with E-state index >= 15 is 0 Å². The molecule has 18 heavy (non-hydrogen) atoms. The Morgan fingerprint density at radius 2 is 1.50 bits per heavy atom. The standard InChI is InChI=1S/C17H20O/c1-3-14-9-11-15(12-10-14)13-16-7-5-6-8-17(16)18-4-2/h5-12H,3-4,13H2,1-2H3. The molecular weight excluding hydrogens is 220 g/mol. The minimum atomic E-state index is 0.714. The molecule has 0 aliphatic carbocycles. The zero-order chi connectivity index (χ0) is 12.8. The molecule has 0 amide bonds. The van der Waals surface area contributed by atoms with Crippen LogP contribution in [-0.2, 0) is 12.8 Å². The SMILES string of the molecule is CCOc1ccccc1Cc1ccc(CC)cc1. The summed E-state index contributed by atoms with van der Waals surface area (Å²) in [5, 5.41) is 0. The third-order valence-corrected chi connectivity index (χ3v) is 3.10. The second kappa shape index (κ2) is 6.25. The smallest absolute Gasteiger partial charge is 0.122 e. The van der Waals surface area contributed by atoms with Crippen molar-refractivity contribution < 1.29 is 4.74 Å². The third kappa shape index (κ3) is 3.13. The van der Waals surface area contributed by atoms with Crippen molar-refractivity contribution in [3.8, 4) is 5.75 Å². The predicted octanol–water partition coefficient (Wildman–Crippen LogP) is 4.24. The minimum absolute atomic E-state index is 0.714. The van der Waals surface area contributed by atoms with E-state index in [4.69, 9.17) is 4.74 Å². The van der Waals surface area contributed by atoms with Crippen molar-refractivity contribution >= 4 is 0 Å². The van der Waals surface area contributed by atoms with Gasteiger partial charge < -0.3 is 4.74 Å². The van der Waals surface area contributed by atoms with Crippen molar-refractivity contribution in [1.29, 1.82) is 0 Å². The van der Waals surface area contributed by atoms with Gasteiger partial charge in [-0.2, -0.15) is 0 Å². The van der Waals surface area contributed by atoms with E-state index in [9.17, 15) is 0 Å². The lowest BCUT2D eigenvalue weighted by atomic mass is 10.0. The highest BCUT2D eigenvalue weighted by molar-refractivity contribution is 5.38. The molecule has 0 saturated carbocycles. The van der Waals surface area contributed by atoms with Gasteiger partial charge >= 0.3 is 0 Å². The van der Waals surface area contributed by atoms with Gasteiger partial charge in [0.25, 0.3) is 0 Å². The van der Waals surface area contributed by atoms with Crippen LogP contribution in [0, 0.1) is 0 Å². The van der Waals surface area contributed by atoms with Crippen molar-refractivity contribution in [2.24, 2.45) is 0 Å². The molecule has 2 aromatic carbocycles. The van der Waals surface area contributed by atoms with Gasteiger partial charge in [-0.1, -0.05) is 49.4 Å². The van der Waals surface area contributed by atoms with Crippen LogP contribution < -0.4 is 4.74 Å². The summed E-state index contributed by atoms with van der Waals surface area (Å²) in [6.45, 7) is 4.91. The number of para-hydroxylation sites is 1. The average Bonchev–Trinajstić information content (AvgIpc) is 2.42. The first kappa shape index (κ1) is 12.7. The molecule has 1 nitrogen and oxygen atoms in total. The molecule has 0 fully saturated rings. The van der Waals surface area contributed by atoms with Crippen LogP contribution in [0.4, 0.5) is 0 Å². The molecule has 0 N–H and O–H groups in total. The molecule has 0 saturated heterocycles. The van der Waals surface area contributed by atoms with Gasteiger partial charge in [0.15, 0.2) is 0 Å². The van der Waals surface area contributed by atoms with Gasteiger partial charge in [0.1, 0.15) is 5.75 Å². The van der Waals surface area contributed by atoms with Gasteiger partial charge in [-0.05, 0) is 36.1 Å². The molecule has 0 radical (unpaired) electrons. The third-order valence-electron chi connectivity index (χ3n) is 3.10. The zero-order valence-electron chi connectivity index (χ0n) is 11.1. The minimum Gasteiger partial charge on any atom is -0.494 e. The fraction of sp³-hybridized carbons (Fsp3) is 0.294. The van der Waals surface area contributed by atoms with Crippen molar-refractivity contribution in [2.45, 2.75) is 26.7 Å². The number of rotatable bonds is 5. The maximum atomic E-state index is 5.65. The molecule has 2 aromatic rings. The Balaban J connectivity index is 2.17. The molecule has 0 aliphatic rings. The lowest BCUT2D eigenvalue weighted by Crippen LogP contribution is -1.97. The molecule has 1 heteroatoms. The summed E-state index contributed by atoms with van der Waals surface area (Å²) in [4.78, 5) is 0. The summed E-state index contributed by atoms with van der Waals surface area (Å²) in [6.07, 6.45) is 2.02. The van der Waals surface area contributed by atoms with Gasteiger partial charge in [0.2, 0.25) is 0 Å². The van der Waals surface area contributed by atoms with E-state index in [0.29, 0.717) is 6.61 Å². The normalized spacial score (nSPS) is 10.3. The van der Waals surface area contributed by atoms with E-state index in [1.54, 1.807) is 0 Å². The van der Waals surface area contributed by atoms with E-state index in [1.807, 2.05) is 19.1 Å². The fourth-order valence-corrected chi connectivity index (χ4v) is 2.06. The molecule has 2 rings (SSSR count). The summed E-state index contributed by atoms with van der Waals surface area (Å²) in [5.41, 5.74) is 3.97. The number of benzene rings is 2. The highest BCUT2D eigenvalue weighted by Crippen LogP contribution is 2.21. The van der Waals surface area contributed by atoms with Crippen LogP contribution in [0.2, 0.25) is 0 Å². The average molecular weight is 240 g/mol. The number of hydrogen-bond donors (Lipinski definition) is 0. The monoisotopic (exact) mass is 240 g/mol. The Bertz CT molecular complexity index is 485. The molecule has 0 spiro atoms. The molecular formula is C17H20O. The summed E-state index contributed by atoms with van der Waals surface area (Å²) in [6, 6.07) is 17.1. The first-order valence-corrected chi connectivity index (χ1v) is 6.62. The first-order valence-electron chi connectivity index (χ1n) is 6.62. The fourth-order valence-electron chi connectivity index (χ4n) is 2.06. The van der Waals surface area contributed by atoms with Crippen molar-refractivity contribution in [3.05, 3.63) is 65.2 Å². The van der Waals surface area contributed by atoms with Crippen molar-refractivity contribution in [1.82, 2.24) is 0 Å².